The van der Waals surface area contributed by atoms with E-state index in [1.807, 2.05) is 18.2 Å². The second-order valence-electron chi connectivity index (χ2n) is 4.55. The average molecular weight is 320 g/mol. The summed E-state index contributed by atoms with van der Waals surface area (Å²) < 4.78 is 5.75. The normalized spacial score (nSPS) is 16.1. The van der Waals surface area contributed by atoms with E-state index in [-0.39, 0.29) is 11.4 Å². The molecular formula is C15H14BrNO2. The highest BCUT2D eigenvalue weighted by Crippen LogP contribution is 2.48. The molecule has 98 valence electrons. The maximum Gasteiger partial charge on any atom is 0.330 e. The minimum Gasteiger partial charge on any atom is -0.463 e. The molecule has 0 bridgehead atoms. The van der Waals surface area contributed by atoms with Gasteiger partial charge < -0.3 is 4.74 Å². The largest absolute Gasteiger partial charge is 0.463 e. The van der Waals surface area contributed by atoms with Crippen LogP contribution in [0.2, 0.25) is 0 Å². The number of halogens is 1. The number of esters is 1. The van der Waals surface area contributed by atoms with Crippen LogP contribution in [0.3, 0.4) is 0 Å². The zero-order valence-electron chi connectivity index (χ0n) is 10.6. The summed E-state index contributed by atoms with van der Waals surface area (Å²) in [6.45, 7) is 2.14. The van der Waals surface area contributed by atoms with Crippen LogP contribution in [0.15, 0.2) is 28.7 Å². The first-order valence-corrected chi connectivity index (χ1v) is 6.96. The summed E-state index contributed by atoms with van der Waals surface area (Å²) in [5.41, 5.74) is 1.57. The molecule has 0 aromatic heterocycles. The molecule has 1 aromatic carbocycles. The standard InChI is InChI=1S/C15H14BrNO2/c1-2-19-14(18)4-3-11-7-12(9-13(16)8-11)15(10-17)5-6-15/h3-4,7-9H,2,5-6H2,1H3. The van der Waals surface area contributed by atoms with Gasteiger partial charge in [-0.3, -0.25) is 0 Å². The van der Waals surface area contributed by atoms with Gasteiger partial charge >= 0.3 is 5.97 Å². The van der Waals surface area contributed by atoms with Crippen LogP contribution < -0.4 is 0 Å². The Morgan fingerprint density at radius 1 is 1.53 bits per heavy atom. The Morgan fingerprint density at radius 2 is 2.26 bits per heavy atom. The van der Waals surface area contributed by atoms with Crippen LogP contribution in [-0.4, -0.2) is 12.6 Å². The molecule has 0 radical (unpaired) electrons. The predicted molar refractivity (Wildman–Crippen MR) is 76.3 cm³/mol. The van der Waals surface area contributed by atoms with Crippen LogP contribution in [0.4, 0.5) is 0 Å². The fourth-order valence-electron chi connectivity index (χ4n) is 1.93. The summed E-state index contributed by atoms with van der Waals surface area (Å²) in [7, 11) is 0. The van der Waals surface area contributed by atoms with Crippen LogP contribution in [-0.2, 0) is 14.9 Å². The first-order valence-electron chi connectivity index (χ1n) is 6.17. The molecule has 0 amide bonds. The number of nitrogens with zero attached hydrogens (tertiary/aromatic N) is 1. The smallest absolute Gasteiger partial charge is 0.330 e. The van der Waals surface area contributed by atoms with E-state index in [2.05, 4.69) is 22.0 Å². The van der Waals surface area contributed by atoms with E-state index in [0.29, 0.717) is 6.61 Å². The number of ether oxygens (including phenoxy) is 1. The Balaban J connectivity index is 2.23. The Bertz CT molecular complexity index is 568. The van der Waals surface area contributed by atoms with Gasteiger partial charge in [-0.25, -0.2) is 4.79 Å². The van der Waals surface area contributed by atoms with Crippen molar-refractivity contribution < 1.29 is 9.53 Å². The second-order valence-corrected chi connectivity index (χ2v) is 5.47. The molecule has 4 heteroatoms. The fraction of sp³-hybridized carbons (Fsp3) is 0.333. The molecule has 0 unspecified atom stereocenters. The summed E-state index contributed by atoms with van der Waals surface area (Å²) in [4.78, 5) is 11.3. The third kappa shape index (κ3) is 3.24. The zero-order chi connectivity index (χ0) is 13.9. The van der Waals surface area contributed by atoms with Gasteiger partial charge in [0.1, 0.15) is 0 Å². The van der Waals surface area contributed by atoms with Crippen molar-refractivity contribution in [2.24, 2.45) is 0 Å². The Labute approximate surface area is 121 Å². The monoisotopic (exact) mass is 319 g/mol. The first kappa shape index (κ1) is 13.8. The minimum atomic E-state index is -0.356. The van der Waals surface area contributed by atoms with Gasteiger partial charge in [0.25, 0.3) is 0 Å². The number of benzene rings is 1. The molecule has 1 aromatic rings. The first-order chi connectivity index (χ1) is 9.09. The third-order valence-electron chi connectivity index (χ3n) is 3.14. The Hall–Kier alpha value is -1.60. The quantitative estimate of drug-likeness (QED) is 0.629. The molecule has 19 heavy (non-hydrogen) atoms. The van der Waals surface area contributed by atoms with Gasteiger partial charge in [-0.2, -0.15) is 5.26 Å². The van der Waals surface area contributed by atoms with Crippen LogP contribution in [0, 0.1) is 11.3 Å². The summed E-state index contributed by atoms with van der Waals surface area (Å²) >= 11 is 3.44. The van der Waals surface area contributed by atoms with Crippen LogP contribution in [0.5, 0.6) is 0 Å². The highest BCUT2D eigenvalue weighted by Gasteiger charge is 2.45. The molecule has 0 N–H and O–H groups in total. The number of rotatable bonds is 4. The van der Waals surface area contributed by atoms with Crippen molar-refractivity contribution in [1.29, 1.82) is 5.26 Å². The van der Waals surface area contributed by atoms with Crippen molar-refractivity contribution >= 4 is 28.0 Å². The number of carbonyl (C=O) groups is 1. The van der Waals surface area contributed by atoms with Crippen molar-refractivity contribution in [3.63, 3.8) is 0 Å². The summed E-state index contributed by atoms with van der Waals surface area (Å²) in [5.74, 6) is -0.356. The van der Waals surface area contributed by atoms with Gasteiger partial charge in [0.15, 0.2) is 0 Å². The summed E-state index contributed by atoms with van der Waals surface area (Å²) in [6, 6.07) is 8.21. The molecule has 3 nitrogen and oxygen atoms in total. The van der Waals surface area contributed by atoms with Crippen molar-refractivity contribution in [3.8, 4) is 6.07 Å². The van der Waals surface area contributed by atoms with E-state index in [1.54, 1.807) is 13.0 Å². The lowest BCUT2D eigenvalue weighted by Gasteiger charge is -2.08. The number of nitriles is 1. The highest BCUT2D eigenvalue weighted by atomic mass is 79.9. The van der Waals surface area contributed by atoms with Crippen molar-refractivity contribution in [2.75, 3.05) is 6.61 Å². The molecule has 1 aliphatic rings. The maximum absolute atomic E-state index is 11.3. The molecule has 0 atom stereocenters. The van der Waals surface area contributed by atoms with Crippen molar-refractivity contribution in [1.82, 2.24) is 0 Å². The van der Waals surface area contributed by atoms with Gasteiger partial charge in [-0.1, -0.05) is 22.0 Å². The molecule has 0 saturated heterocycles. The van der Waals surface area contributed by atoms with Gasteiger partial charge in [0.2, 0.25) is 0 Å². The average Bonchev–Trinajstić information content (AvgIpc) is 3.17. The van der Waals surface area contributed by atoms with Crippen molar-refractivity contribution in [2.45, 2.75) is 25.2 Å². The molecule has 2 rings (SSSR count). The Morgan fingerprint density at radius 3 is 2.84 bits per heavy atom. The van der Waals surface area contributed by atoms with Gasteiger partial charge in [0.05, 0.1) is 18.1 Å². The van der Waals surface area contributed by atoms with E-state index in [0.717, 1.165) is 28.4 Å². The number of hydrogen-bond acceptors (Lipinski definition) is 3. The molecule has 0 spiro atoms. The molecular weight excluding hydrogens is 306 g/mol. The minimum absolute atomic E-state index is 0.323. The van der Waals surface area contributed by atoms with E-state index in [1.165, 1.54) is 6.08 Å². The predicted octanol–water partition coefficient (Wildman–Crippen LogP) is 3.58. The van der Waals surface area contributed by atoms with Gasteiger partial charge in [0, 0.05) is 10.5 Å². The van der Waals surface area contributed by atoms with E-state index >= 15 is 0 Å². The summed E-state index contributed by atoms with van der Waals surface area (Å²) in [5, 5.41) is 9.22. The SMILES string of the molecule is CCOC(=O)C=Cc1cc(Br)cc(C2(C#N)CC2)c1. The number of hydrogen-bond donors (Lipinski definition) is 0. The van der Waals surface area contributed by atoms with Crippen molar-refractivity contribution in [3.05, 3.63) is 39.9 Å². The molecule has 0 aliphatic heterocycles. The van der Waals surface area contributed by atoms with E-state index in [9.17, 15) is 10.1 Å². The van der Waals surface area contributed by atoms with Crippen LogP contribution in [0.1, 0.15) is 30.9 Å². The molecule has 0 heterocycles. The highest BCUT2D eigenvalue weighted by molar-refractivity contribution is 9.10. The second kappa shape index (κ2) is 5.58. The van der Waals surface area contributed by atoms with Crippen LogP contribution in [0.25, 0.3) is 6.08 Å². The topological polar surface area (TPSA) is 50.1 Å². The molecule has 1 aliphatic carbocycles. The fourth-order valence-corrected chi connectivity index (χ4v) is 2.44. The lowest BCUT2D eigenvalue weighted by molar-refractivity contribution is -0.137. The summed E-state index contributed by atoms with van der Waals surface area (Å²) in [6.07, 6.45) is 4.92. The molecule has 1 fully saturated rings. The van der Waals surface area contributed by atoms with E-state index in [4.69, 9.17) is 4.74 Å². The Kier molecular flexibility index (Phi) is 4.06. The van der Waals surface area contributed by atoms with Crippen LogP contribution >= 0.6 is 15.9 Å². The molecule has 1 saturated carbocycles. The van der Waals surface area contributed by atoms with Gasteiger partial charge in [-0.15, -0.1) is 0 Å². The van der Waals surface area contributed by atoms with Gasteiger partial charge in [-0.05, 0) is 49.1 Å². The lowest BCUT2D eigenvalue weighted by Crippen LogP contribution is -2.03. The maximum atomic E-state index is 11.3. The lowest BCUT2D eigenvalue weighted by atomic mass is 9.96. The number of carbonyl (C=O) groups excluding carboxylic acids is 1. The van der Waals surface area contributed by atoms with E-state index < -0.39 is 0 Å². The third-order valence-corrected chi connectivity index (χ3v) is 3.59. The zero-order valence-corrected chi connectivity index (χ0v) is 12.2.